The molecule has 1 fully saturated rings. The lowest BCUT2D eigenvalue weighted by Gasteiger charge is -2.37. The molecular weight excluding hydrogens is 224 g/mol. The molecule has 100 valence electrons. The molecule has 2 N–H and O–H groups in total. The van der Waals surface area contributed by atoms with E-state index in [0.29, 0.717) is 12.8 Å². The van der Waals surface area contributed by atoms with Crippen LogP contribution in [0.1, 0.15) is 57.6 Å². The second kappa shape index (κ2) is 4.67. The normalized spacial score (nSPS) is 29.3. The average molecular weight is 248 g/mol. The summed E-state index contributed by atoms with van der Waals surface area (Å²) >= 11 is 0. The summed E-state index contributed by atoms with van der Waals surface area (Å²) in [6.45, 7) is 6.52. The van der Waals surface area contributed by atoms with Crippen molar-refractivity contribution in [2.45, 2.75) is 63.6 Å². The van der Waals surface area contributed by atoms with Crippen LogP contribution in [-0.2, 0) is 11.0 Å². The first-order chi connectivity index (χ1) is 8.34. The first-order valence-electron chi connectivity index (χ1n) is 6.85. The Labute approximate surface area is 110 Å². The van der Waals surface area contributed by atoms with Crippen molar-refractivity contribution in [1.29, 1.82) is 0 Å². The summed E-state index contributed by atoms with van der Waals surface area (Å²) < 4.78 is 0. The predicted octanol–water partition coefficient (Wildman–Crippen LogP) is 3.11. The lowest BCUT2D eigenvalue weighted by molar-refractivity contribution is -0.106. The summed E-state index contributed by atoms with van der Waals surface area (Å²) in [7, 11) is 0. The van der Waals surface area contributed by atoms with E-state index >= 15 is 0 Å². The number of aliphatic hydroxyl groups excluding tert-OH is 1. The molecule has 1 aliphatic carbocycles. The summed E-state index contributed by atoms with van der Waals surface area (Å²) in [6.07, 6.45) is 2.70. The lowest BCUT2D eigenvalue weighted by atomic mass is 9.76. The van der Waals surface area contributed by atoms with Crippen LogP contribution in [0.25, 0.3) is 0 Å². The molecule has 0 aromatic heterocycles. The zero-order valence-electron chi connectivity index (χ0n) is 11.6. The number of hydrogen-bond donors (Lipinski definition) is 2. The molecule has 0 heterocycles. The largest absolute Gasteiger partial charge is 0.390 e. The molecule has 1 aromatic rings. The average Bonchev–Trinajstić information content (AvgIpc) is 2.32. The van der Waals surface area contributed by atoms with Crippen molar-refractivity contribution in [1.82, 2.24) is 0 Å². The van der Waals surface area contributed by atoms with Crippen LogP contribution in [0.2, 0.25) is 0 Å². The molecular formula is C16H24O2. The van der Waals surface area contributed by atoms with E-state index in [1.807, 2.05) is 12.1 Å². The third-order valence-electron chi connectivity index (χ3n) is 4.09. The Hall–Kier alpha value is -0.860. The van der Waals surface area contributed by atoms with Gasteiger partial charge in [0.05, 0.1) is 6.10 Å². The molecule has 1 aromatic carbocycles. The zero-order valence-corrected chi connectivity index (χ0v) is 11.6. The molecule has 0 bridgehead atoms. The van der Waals surface area contributed by atoms with Gasteiger partial charge in [-0.1, -0.05) is 57.9 Å². The third-order valence-corrected chi connectivity index (χ3v) is 4.09. The zero-order chi connectivity index (χ0) is 13.4. The van der Waals surface area contributed by atoms with Gasteiger partial charge >= 0.3 is 0 Å². The summed E-state index contributed by atoms with van der Waals surface area (Å²) in [5, 5.41) is 20.7. The van der Waals surface area contributed by atoms with E-state index in [4.69, 9.17) is 0 Å². The van der Waals surface area contributed by atoms with Gasteiger partial charge in [-0.05, 0) is 29.4 Å². The molecule has 0 aliphatic heterocycles. The Morgan fingerprint density at radius 2 is 1.72 bits per heavy atom. The molecule has 1 aliphatic rings. The maximum atomic E-state index is 10.7. The highest BCUT2D eigenvalue weighted by atomic mass is 16.3. The van der Waals surface area contributed by atoms with E-state index in [9.17, 15) is 10.2 Å². The van der Waals surface area contributed by atoms with E-state index in [1.165, 1.54) is 5.56 Å². The summed E-state index contributed by atoms with van der Waals surface area (Å²) in [5.74, 6) is 0. The topological polar surface area (TPSA) is 40.5 Å². The molecule has 2 rings (SSSR count). The van der Waals surface area contributed by atoms with Gasteiger partial charge in [0, 0.05) is 0 Å². The second-order valence-corrected chi connectivity index (χ2v) is 6.51. The van der Waals surface area contributed by atoms with Crippen molar-refractivity contribution in [3.05, 3.63) is 35.4 Å². The van der Waals surface area contributed by atoms with Crippen molar-refractivity contribution in [2.24, 2.45) is 0 Å². The Kier molecular flexibility index (Phi) is 3.52. The minimum Gasteiger partial charge on any atom is -0.390 e. The van der Waals surface area contributed by atoms with Gasteiger partial charge < -0.3 is 10.2 Å². The predicted molar refractivity (Wildman–Crippen MR) is 73.5 cm³/mol. The number of rotatable bonds is 1. The maximum Gasteiger partial charge on any atom is 0.115 e. The van der Waals surface area contributed by atoms with Gasteiger partial charge in [-0.2, -0.15) is 0 Å². The molecule has 2 nitrogen and oxygen atoms in total. The SMILES string of the molecule is CC(C)(C)c1ccc([C@]2(O)CCCC[C@H]2O)cc1. The second-order valence-electron chi connectivity index (χ2n) is 6.51. The fraction of sp³-hybridized carbons (Fsp3) is 0.625. The molecule has 18 heavy (non-hydrogen) atoms. The van der Waals surface area contributed by atoms with Crippen molar-refractivity contribution in [3.63, 3.8) is 0 Å². The van der Waals surface area contributed by atoms with Gasteiger partial charge in [0.1, 0.15) is 5.60 Å². The first kappa shape index (κ1) is 13.6. The Bertz CT molecular complexity index is 402. The van der Waals surface area contributed by atoms with Gasteiger partial charge in [-0.25, -0.2) is 0 Å². The van der Waals surface area contributed by atoms with Crippen molar-refractivity contribution >= 4 is 0 Å². The smallest absolute Gasteiger partial charge is 0.115 e. The molecule has 2 heteroatoms. The van der Waals surface area contributed by atoms with Crippen LogP contribution in [-0.4, -0.2) is 16.3 Å². The number of hydrogen-bond acceptors (Lipinski definition) is 2. The highest BCUT2D eigenvalue weighted by Gasteiger charge is 2.39. The fourth-order valence-corrected chi connectivity index (χ4v) is 2.73. The van der Waals surface area contributed by atoms with Crippen LogP contribution < -0.4 is 0 Å². The van der Waals surface area contributed by atoms with Crippen molar-refractivity contribution in [3.8, 4) is 0 Å². The van der Waals surface area contributed by atoms with Crippen LogP contribution >= 0.6 is 0 Å². The van der Waals surface area contributed by atoms with Crippen molar-refractivity contribution < 1.29 is 10.2 Å². The van der Waals surface area contributed by atoms with Crippen LogP contribution in [0.5, 0.6) is 0 Å². The van der Waals surface area contributed by atoms with Crippen LogP contribution in [0.3, 0.4) is 0 Å². The van der Waals surface area contributed by atoms with Crippen LogP contribution in [0.15, 0.2) is 24.3 Å². The van der Waals surface area contributed by atoms with Crippen molar-refractivity contribution in [2.75, 3.05) is 0 Å². The molecule has 0 spiro atoms. The summed E-state index contributed by atoms with van der Waals surface area (Å²) in [6, 6.07) is 8.06. The molecule has 0 amide bonds. The summed E-state index contributed by atoms with van der Waals surface area (Å²) in [5.41, 5.74) is 1.17. The molecule has 0 radical (unpaired) electrons. The molecule has 0 saturated heterocycles. The Balaban J connectivity index is 2.28. The number of aliphatic hydroxyl groups is 2. The lowest BCUT2D eigenvalue weighted by Crippen LogP contribution is -2.42. The monoisotopic (exact) mass is 248 g/mol. The highest BCUT2D eigenvalue weighted by molar-refractivity contribution is 5.31. The fourth-order valence-electron chi connectivity index (χ4n) is 2.73. The van der Waals surface area contributed by atoms with E-state index in [-0.39, 0.29) is 5.41 Å². The van der Waals surface area contributed by atoms with E-state index in [2.05, 4.69) is 32.9 Å². The molecule has 2 atom stereocenters. The van der Waals surface area contributed by atoms with Crippen LogP contribution in [0.4, 0.5) is 0 Å². The van der Waals surface area contributed by atoms with Gasteiger partial charge in [0.25, 0.3) is 0 Å². The quantitative estimate of drug-likeness (QED) is 0.801. The Morgan fingerprint density at radius 3 is 2.22 bits per heavy atom. The highest BCUT2D eigenvalue weighted by Crippen LogP contribution is 2.37. The maximum absolute atomic E-state index is 10.7. The van der Waals surface area contributed by atoms with Gasteiger partial charge in [0.2, 0.25) is 0 Å². The van der Waals surface area contributed by atoms with E-state index < -0.39 is 11.7 Å². The molecule has 1 saturated carbocycles. The number of benzene rings is 1. The van der Waals surface area contributed by atoms with E-state index in [0.717, 1.165) is 18.4 Å². The van der Waals surface area contributed by atoms with Gasteiger partial charge in [-0.15, -0.1) is 0 Å². The first-order valence-corrected chi connectivity index (χ1v) is 6.85. The van der Waals surface area contributed by atoms with Crippen LogP contribution in [0, 0.1) is 0 Å². The Morgan fingerprint density at radius 1 is 1.11 bits per heavy atom. The minimum absolute atomic E-state index is 0.117. The summed E-state index contributed by atoms with van der Waals surface area (Å²) in [4.78, 5) is 0. The standard InChI is InChI=1S/C16H24O2/c1-15(2,3)12-7-9-13(10-8-12)16(18)11-5-4-6-14(16)17/h7-10,14,17-18H,4-6,11H2,1-3H3/t14-,16-/m1/s1. The minimum atomic E-state index is -1.05. The van der Waals surface area contributed by atoms with Gasteiger partial charge in [0.15, 0.2) is 0 Å². The van der Waals surface area contributed by atoms with E-state index in [1.54, 1.807) is 0 Å². The molecule has 0 unspecified atom stereocenters. The third kappa shape index (κ3) is 2.45. The van der Waals surface area contributed by atoms with Gasteiger partial charge in [-0.3, -0.25) is 0 Å².